The number of hydrogen-bond donors (Lipinski definition) is 0. The van der Waals surface area contributed by atoms with Crippen LogP contribution in [-0.4, -0.2) is 38.5 Å². The minimum Gasteiger partial charge on any atom is -0.493 e. The smallest absolute Gasteiger partial charge is 0.338 e. The molecule has 0 spiro atoms. The number of esters is 1. The van der Waals surface area contributed by atoms with Crippen LogP contribution in [0.15, 0.2) is 78.5 Å². The van der Waals surface area contributed by atoms with Gasteiger partial charge in [-0.2, -0.15) is 0 Å². The second kappa shape index (κ2) is 14.7. The largest absolute Gasteiger partial charge is 0.493 e. The Morgan fingerprint density at radius 1 is 1.02 bits per heavy atom. The number of nitrogens with zero attached hydrogens (tertiary/aromatic N) is 2. The highest BCUT2D eigenvalue weighted by Gasteiger charge is 2.35. The molecule has 5 rings (SSSR count). The molecule has 0 unspecified atom stereocenters. The van der Waals surface area contributed by atoms with E-state index in [1.165, 1.54) is 23.0 Å². The Morgan fingerprint density at radius 2 is 1.70 bits per heavy atom. The van der Waals surface area contributed by atoms with Crippen LogP contribution in [0.25, 0.3) is 6.08 Å². The number of rotatable bonds is 10. The quantitative estimate of drug-likeness (QED) is 0.132. The van der Waals surface area contributed by atoms with Gasteiger partial charge in [-0.05, 0) is 95.6 Å². The number of fused-ring (bicyclic) bond motifs is 1. The van der Waals surface area contributed by atoms with E-state index in [2.05, 4.69) is 59.4 Å². The molecule has 1 aliphatic rings. The number of methoxy groups -OCH3 is 3. The van der Waals surface area contributed by atoms with Crippen molar-refractivity contribution < 1.29 is 28.5 Å². The molecule has 46 heavy (non-hydrogen) atoms. The lowest BCUT2D eigenvalue weighted by Gasteiger charge is -2.26. The van der Waals surface area contributed by atoms with Crippen LogP contribution in [0.3, 0.4) is 0 Å². The van der Waals surface area contributed by atoms with Gasteiger partial charge in [-0.15, -0.1) is 0 Å². The summed E-state index contributed by atoms with van der Waals surface area (Å²) in [5, 5.41) is 0. The van der Waals surface area contributed by atoms with E-state index in [0.29, 0.717) is 54.7 Å². The van der Waals surface area contributed by atoms with Crippen molar-refractivity contribution in [3.8, 4) is 23.0 Å². The molecule has 3 aromatic carbocycles. The number of halogens is 3. The lowest BCUT2D eigenvalue weighted by Crippen LogP contribution is -2.40. The maximum atomic E-state index is 14.2. The molecular formula is C33H29Br2IN2O7S. The summed E-state index contributed by atoms with van der Waals surface area (Å²) in [6.07, 6.45) is 1.79. The van der Waals surface area contributed by atoms with Crippen LogP contribution in [-0.2, 0) is 16.1 Å². The highest BCUT2D eigenvalue weighted by Crippen LogP contribution is 2.41. The highest BCUT2D eigenvalue weighted by molar-refractivity contribution is 14.1. The topological polar surface area (TPSA) is 97.6 Å². The number of benzene rings is 3. The number of carbonyl (C=O) groups is 1. The molecule has 1 aromatic heterocycles. The molecule has 0 N–H and O–H groups in total. The molecule has 1 aliphatic heterocycles. The van der Waals surface area contributed by atoms with Crippen LogP contribution in [0.5, 0.6) is 23.0 Å². The zero-order valence-corrected chi connectivity index (χ0v) is 31.6. The first-order chi connectivity index (χ1) is 22.1. The number of allylic oxidation sites excluding steroid dienone is 1. The minimum atomic E-state index is -0.837. The molecule has 0 fully saturated rings. The predicted octanol–water partition coefficient (Wildman–Crippen LogP) is 6.53. The minimum absolute atomic E-state index is 0.170. The summed E-state index contributed by atoms with van der Waals surface area (Å²) >= 11 is 10.5. The summed E-state index contributed by atoms with van der Waals surface area (Å²) in [4.78, 5) is 32.7. The van der Waals surface area contributed by atoms with Gasteiger partial charge < -0.3 is 23.7 Å². The molecule has 0 bridgehead atoms. The lowest BCUT2D eigenvalue weighted by molar-refractivity contribution is -0.139. The Hall–Kier alpha value is -3.14. The summed E-state index contributed by atoms with van der Waals surface area (Å²) in [6, 6.07) is 14.3. The molecule has 240 valence electrons. The van der Waals surface area contributed by atoms with Crippen molar-refractivity contribution in [2.24, 2.45) is 4.99 Å². The van der Waals surface area contributed by atoms with E-state index in [1.807, 2.05) is 36.4 Å². The zero-order valence-electron chi connectivity index (χ0n) is 25.5. The van der Waals surface area contributed by atoms with Crippen molar-refractivity contribution in [1.29, 1.82) is 0 Å². The number of aromatic nitrogens is 1. The SMILES string of the molecule is CCOC(=O)C1=C(C)N=c2s/c(=C\c3cc(I)c(OCc4ccc(Br)cc4)c(OC)c3)c(=O)n2[C@@H]1c1cc(OC)c(OC)cc1Br. The van der Waals surface area contributed by atoms with Gasteiger partial charge in [-0.25, -0.2) is 9.79 Å². The molecule has 9 nitrogen and oxygen atoms in total. The van der Waals surface area contributed by atoms with Crippen LogP contribution in [0.4, 0.5) is 0 Å². The van der Waals surface area contributed by atoms with Gasteiger partial charge in [0.05, 0.1) is 53.4 Å². The average molecular weight is 884 g/mol. The summed E-state index contributed by atoms with van der Waals surface area (Å²) in [5.74, 6) is 1.54. The zero-order chi connectivity index (χ0) is 33.1. The number of carbonyl (C=O) groups excluding carboxylic acids is 1. The molecule has 4 aromatic rings. The van der Waals surface area contributed by atoms with Crippen LogP contribution in [0, 0.1) is 3.57 Å². The molecule has 0 radical (unpaired) electrons. The third-order valence-electron chi connectivity index (χ3n) is 7.16. The van der Waals surface area contributed by atoms with Crippen molar-refractivity contribution in [1.82, 2.24) is 4.57 Å². The van der Waals surface area contributed by atoms with Crippen molar-refractivity contribution >= 4 is 77.8 Å². The third kappa shape index (κ3) is 6.92. The number of ether oxygens (including phenoxy) is 5. The molecule has 0 saturated carbocycles. The van der Waals surface area contributed by atoms with Crippen molar-refractivity contribution in [2.45, 2.75) is 26.5 Å². The van der Waals surface area contributed by atoms with Crippen LogP contribution >= 0.6 is 65.8 Å². The first kappa shape index (κ1) is 34.2. The Bertz CT molecular complexity index is 2020. The highest BCUT2D eigenvalue weighted by atomic mass is 127. The molecule has 0 saturated heterocycles. The molecule has 0 aliphatic carbocycles. The Labute approximate surface area is 299 Å². The van der Waals surface area contributed by atoms with Gasteiger partial charge in [0.1, 0.15) is 6.61 Å². The second-order valence-corrected chi connectivity index (χ2v) is 13.9. The van der Waals surface area contributed by atoms with Gasteiger partial charge in [-0.1, -0.05) is 55.3 Å². The maximum absolute atomic E-state index is 14.2. The van der Waals surface area contributed by atoms with Gasteiger partial charge in [0.15, 0.2) is 27.8 Å². The van der Waals surface area contributed by atoms with Crippen molar-refractivity contribution in [3.63, 3.8) is 0 Å². The molecule has 0 amide bonds. The molecular weight excluding hydrogens is 855 g/mol. The predicted molar refractivity (Wildman–Crippen MR) is 192 cm³/mol. The van der Waals surface area contributed by atoms with Gasteiger partial charge in [0.25, 0.3) is 5.56 Å². The average Bonchev–Trinajstić information content (AvgIpc) is 3.33. The van der Waals surface area contributed by atoms with E-state index >= 15 is 0 Å². The Kier molecular flexibility index (Phi) is 11.0. The summed E-state index contributed by atoms with van der Waals surface area (Å²) in [5.41, 5.74) is 2.78. The normalized spacial score (nSPS) is 14.4. The maximum Gasteiger partial charge on any atom is 0.338 e. The lowest BCUT2D eigenvalue weighted by atomic mass is 9.95. The van der Waals surface area contributed by atoms with Crippen LogP contribution in [0.1, 0.15) is 36.6 Å². The molecule has 1 atom stereocenters. The summed E-state index contributed by atoms with van der Waals surface area (Å²) in [7, 11) is 4.65. The van der Waals surface area contributed by atoms with E-state index in [-0.39, 0.29) is 17.7 Å². The van der Waals surface area contributed by atoms with Gasteiger partial charge >= 0.3 is 5.97 Å². The first-order valence-corrected chi connectivity index (χ1v) is 17.4. The van der Waals surface area contributed by atoms with E-state index in [9.17, 15) is 9.59 Å². The number of hydrogen-bond acceptors (Lipinski definition) is 9. The van der Waals surface area contributed by atoms with E-state index in [1.54, 1.807) is 46.3 Å². The molecule has 13 heteroatoms. The number of thiazole rings is 1. The fourth-order valence-electron chi connectivity index (χ4n) is 5.02. The van der Waals surface area contributed by atoms with Crippen LogP contribution < -0.4 is 33.8 Å². The fraction of sp³-hybridized carbons (Fsp3) is 0.242. The van der Waals surface area contributed by atoms with Crippen molar-refractivity contribution in [3.05, 3.63) is 109 Å². The van der Waals surface area contributed by atoms with E-state index < -0.39 is 12.0 Å². The monoisotopic (exact) mass is 882 g/mol. The van der Waals surface area contributed by atoms with Gasteiger partial charge in [0.2, 0.25) is 0 Å². The van der Waals surface area contributed by atoms with E-state index in [4.69, 9.17) is 23.7 Å². The fourth-order valence-corrected chi connectivity index (χ4v) is 7.65. The summed E-state index contributed by atoms with van der Waals surface area (Å²) in [6.45, 7) is 4.01. The standard InChI is InChI=1S/C33H29Br2IN2O7S/c1-6-44-32(40)28-17(2)37-33-38(29(28)21-14-24(41-3)25(42-4)15-22(21)35)31(39)27(46-33)13-19-11-23(36)30(26(12-19)43-5)45-16-18-7-9-20(34)10-8-18/h7-15,29H,6,16H2,1-5H3/b27-13-/t29-/m1/s1. The summed E-state index contributed by atoms with van der Waals surface area (Å²) < 4.78 is 32.7. The Morgan fingerprint density at radius 3 is 2.35 bits per heavy atom. The van der Waals surface area contributed by atoms with Gasteiger partial charge in [-0.3, -0.25) is 9.36 Å². The second-order valence-electron chi connectivity index (χ2n) is 9.98. The van der Waals surface area contributed by atoms with Crippen LogP contribution in [0.2, 0.25) is 0 Å². The molecule has 2 heterocycles. The van der Waals surface area contributed by atoms with E-state index in [0.717, 1.165) is 19.2 Å². The third-order valence-corrected chi connectivity index (χ3v) is 10.2. The van der Waals surface area contributed by atoms with Crippen molar-refractivity contribution in [2.75, 3.05) is 27.9 Å². The Balaban J connectivity index is 1.62. The first-order valence-electron chi connectivity index (χ1n) is 14.0. The van der Waals surface area contributed by atoms with Gasteiger partial charge in [0, 0.05) is 8.95 Å².